The fourth-order valence-electron chi connectivity index (χ4n) is 4.91. The van der Waals surface area contributed by atoms with Gasteiger partial charge in [0.05, 0.1) is 7.11 Å². The smallest absolute Gasteiger partial charge is 0.320 e. The van der Waals surface area contributed by atoms with Gasteiger partial charge >= 0.3 is 6.01 Å². The number of ether oxygens (including phenoxy) is 2. The number of rotatable bonds is 6. The Morgan fingerprint density at radius 2 is 1.94 bits per heavy atom. The zero-order valence-corrected chi connectivity index (χ0v) is 18.4. The Hall–Kier alpha value is -2.87. The molecule has 2 atom stereocenters. The first-order chi connectivity index (χ1) is 15.1. The van der Waals surface area contributed by atoms with E-state index in [0.717, 1.165) is 31.2 Å². The first-order valence-corrected chi connectivity index (χ1v) is 10.9. The van der Waals surface area contributed by atoms with Crippen molar-refractivity contribution in [2.75, 3.05) is 25.1 Å². The Morgan fingerprint density at radius 1 is 1.13 bits per heavy atom. The summed E-state index contributed by atoms with van der Waals surface area (Å²) in [6, 6.07) is 9.70. The second-order valence-electron chi connectivity index (χ2n) is 8.28. The van der Waals surface area contributed by atoms with Gasteiger partial charge in [0.2, 0.25) is 5.88 Å². The molecular formula is C22H25ClN6O2. The SMILES string of the molecule is COc1cc(N2CC3CCC(C2)C3Cc2nc(Oc3cccc(Cl)c3)n(C)n2)ncn1. The lowest BCUT2D eigenvalue weighted by atomic mass is 9.82. The minimum atomic E-state index is 0.482. The molecule has 1 saturated carbocycles. The van der Waals surface area contributed by atoms with Crippen LogP contribution >= 0.6 is 11.6 Å². The van der Waals surface area contributed by atoms with Crippen LogP contribution < -0.4 is 14.4 Å². The molecule has 2 aromatic heterocycles. The Bertz CT molecular complexity index is 1060. The van der Waals surface area contributed by atoms with E-state index in [1.54, 1.807) is 24.2 Å². The van der Waals surface area contributed by atoms with Gasteiger partial charge in [0.25, 0.3) is 0 Å². The Balaban J connectivity index is 1.27. The highest BCUT2D eigenvalue weighted by molar-refractivity contribution is 6.30. The third-order valence-electron chi connectivity index (χ3n) is 6.38. The second kappa shape index (κ2) is 8.34. The third kappa shape index (κ3) is 4.17. The molecule has 0 amide bonds. The highest BCUT2D eigenvalue weighted by Crippen LogP contribution is 2.44. The highest BCUT2D eigenvalue weighted by Gasteiger charge is 2.42. The number of methoxy groups -OCH3 is 1. The predicted octanol–water partition coefficient (Wildman–Crippen LogP) is 3.76. The monoisotopic (exact) mass is 440 g/mol. The van der Waals surface area contributed by atoms with Crippen LogP contribution in [0.15, 0.2) is 36.7 Å². The van der Waals surface area contributed by atoms with Gasteiger partial charge in [0.1, 0.15) is 17.9 Å². The first-order valence-electron chi connectivity index (χ1n) is 10.5. The molecule has 3 heterocycles. The van der Waals surface area contributed by atoms with Gasteiger partial charge in [0, 0.05) is 37.6 Å². The van der Waals surface area contributed by atoms with Crippen molar-refractivity contribution in [3.05, 3.63) is 47.5 Å². The molecule has 2 aliphatic rings. The standard InChI is InChI=1S/C22H25ClN6O2/c1-28-22(31-17-5-3-4-16(23)8-17)26-19(27-28)9-18-14-6-7-15(18)12-29(11-14)20-10-21(30-2)25-13-24-20/h3-5,8,10,13-15,18H,6-7,9,11-12H2,1-2H3. The number of hydrogen-bond acceptors (Lipinski definition) is 7. The molecule has 3 aromatic rings. The number of nitrogens with zero attached hydrogens (tertiary/aromatic N) is 6. The van der Waals surface area contributed by atoms with Crippen molar-refractivity contribution in [2.45, 2.75) is 19.3 Å². The summed E-state index contributed by atoms with van der Waals surface area (Å²) in [5.74, 6) is 4.80. The normalized spacial score (nSPS) is 22.5. The van der Waals surface area contributed by atoms with Crippen LogP contribution in [0.4, 0.5) is 5.82 Å². The minimum Gasteiger partial charge on any atom is -0.481 e. The van der Waals surface area contributed by atoms with E-state index in [0.29, 0.717) is 40.4 Å². The van der Waals surface area contributed by atoms with Crippen molar-refractivity contribution >= 4 is 17.4 Å². The summed E-state index contributed by atoms with van der Waals surface area (Å²) < 4.78 is 12.9. The summed E-state index contributed by atoms with van der Waals surface area (Å²) in [5, 5.41) is 5.25. The summed E-state index contributed by atoms with van der Waals surface area (Å²) in [7, 11) is 3.49. The summed E-state index contributed by atoms with van der Waals surface area (Å²) in [5.41, 5.74) is 0. The molecule has 9 heteroatoms. The molecule has 0 spiro atoms. The van der Waals surface area contributed by atoms with Crippen molar-refractivity contribution in [1.29, 1.82) is 0 Å². The molecule has 8 nitrogen and oxygen atoms in total. The Morgan fingerprint density at radius 3 is 2.68 bits per heavy atom. The van der Waals surface area contributed by atoms with E-state index in [4.69, 9.17) is 21.1 Å². The van der Waals surface area contributed by atoms with Gasteiger partial charge in [-0.1, -0.05) is 17.7 Å². The quantitative estimate of drug-likeness (QED) is 0.577. The average Bonchev–Trinajstić information content (AvgIpc) is 3.21. The molecule has 5 rings (SSSR count). The van der Waals surface area contributed by atoms with Gasteiger partial charge in [0.15, 0.2) is 5.82 Å². The number of benzene rings is 1. The molecule has 31 heavy (non-hydrogen) atoms. The number of halogens is 1. The van der Waals surface area contributed by atoms with Crippen LogP contribution in [-0.4, -0.2) is 44.9 Å². The molecule has 2 fully saturated rings. The summed E-state index contributed by atoms with van der Waals surface area (Å²) in [6.07, 6.45) is 4.89. The number of fused-ring (bicyclic) bond motifs is 2. The maximum absolute atomic E-state index is 6.06. The number of hydrogen-bond donors (Lipinski definition) is 0. The van der Waals surface area contributed by atoms with Crippen LogP contribution in [-0.2, 0) is 13.5 Å². The van der Waals surface area contributed by atoms with E-state index in [2.05, 4.69) is 25.0 Å². The van der Waals surface area contributed by atoms with E-state index in [9.17, 15) is 0 Å². The lowest BCUT2D eigenvalue weighted by Gasteiger charge is -2.38. The molecular weight excluding hydrogens is 416 g/mol. The maximum Gasteiger partial charge on any atom is 0.320 e. The number of aryl methyl sites for hydroxylation is 1. The number of aromatic nitrogens is 5. The van der Waals surface area contributed by atoms with Crippen LogP contribution in [0.3, 0.4) is 0 Å². The van der Waals surface area contributed by atoms with E-state index in [-0.39, 0.29) is 0 Å². The van der Waals surface area contributed by atoms with Crippen LogP contribution in [0.2, 0.25) is 5.02 Å². The zero-order valence-electron chi connectivity index (χ0n) is 17.6. The Labute approximate surface area is 186 Å². The fraction of sp³-hybridized carbons (Fsp3) is 0.455. The van der Waals surface area contributed by atoms with Gasteiger partial charge in [-0.05, 0) is 48.8 Å². The third-order valence-corrected chi connectivity index (χ3v) is 6.62. The lowest BCUT2D eigenvalue weighted by Crippen LogP contribution is -2.43. The molecule has 2 bridgehead atoms. The second-order valence-corrected chi connectivity index (χ2v) is 8.72. The maximum atomic E-state index is 6.06. The summed E-state index contributed by atoms with van der Waals surface area (Å²) in [4.78, 5) is 15.6. The number of anilines is 1. The number of piperidine rings is 1. The zero-order chi connectivity index (χ0) is 21.4. The van der Waals surface area contributed by atoms with Crippen LogP contribution in [0.1, 0.15) is 18.7 Å². The molecule has 162 valence electrons. The fourth-order valence-corrected chi connectivity index (χ4v) is 5.09. The molecule has 1 aliphatic carbocycles. The van der Waals surface area contributed by atoms with Crippen LogP contribution in [0, 0.1) is 17.8 Å². The summed E-state index contributed by atoms with van der Waals surface area (Å²) in [6.45, 7) is 1.97. The molecule has 0 N–H and O–H groups in total. The van der Waals surface area contributed by atoms with E-state index in [1.165, 1.54) is 12.8 Å². The largest absolute Gasteiger partial charge is 0.481 e. The first kappa shape index (κ1) is 20.1. The van der Waals surface area contributed by atoms with E-state index in [1.807, 2.05) is 31.3 Å². The van der Waals surface area contributed by atoms with Crippen molar-refractivity contribution in [3.8, 4) is 17.6 Å². The molecule has 0 radical (unpaired) electrons. The van der Waals surface area contributed by atoms with Crippen molar-refractivity contribution in [3.63, 3.8) is 0 Å². The highest BCUT2D eigenvalue weighted by atomic mass is 35.5. The van der Waals surface area contributed by atoms with Crippen LogP contribution in [0.5, 0.6) is 17.6 Å². The molecule has 1 saturated heterocycles. The summed E-state index contributed by atoms with van der Waals surface area (Å²) >= 11 is 6.06. The van der Waals surface area contributed by atoms with Gasteiger partial charge in [-0.25, -0.2) is 14.6 Å². The van der Waals surface area contributed by atoms with Crippen molar-refractivity contribution < 1.29 is 9.47 Å². The minimum absolute atomic E-state index is 0.482. The van der Waals surface area contributed by atoms with Gasteiger partial charge in [-0.15, -0.1) is 0 Å². The van der Waals surface area contributed by atoms with E-state index < -0.39 is 0 Å². The van der Waals surface area contributed by atoms with Gasteiger partial charge in [-0.3, -0.25) is 0 Å². The predicted molar refractivity (Wildman–Crippen MR) is 117 cm³/mol. The lowest BCUT2D eigenvalue weighted by molar-refractivity contribution is 0.264. The van der Waals surface area contributed by atoms with Crippen LogP contribution in [0.25, 0.3) is 0 Å². The Kier molecular flexibility index (Phi) is 5.40. The topological polar surface area (TPSA) is 78.2 Å². The van der Waals surface area contributed by atoms with Crippen molar-refractivity contribution in [1.82, 2.24) is 24.7 Å². The van der Waals surface area contributed by atoms with Crippen molar-refractivity contribution in [2.24, 2.45) is 24.8 Å². The average molecular weight is 441 g/mol. The van der Waals surface area contributed by atoms with Gasteiger partial charge in [-0.2, -0.15) is 10.1 Å². The molecule has 1 aromatic carbocycles. The molecule has 1 aliphatic heterocycles. The van der Waals surface area contributed by atoms with E-state index >= 15 is 0 Å². The van der Waals surface area contributed by atoms with Gasteiger partial charge < -0.3 is 14.4 Å². The molecule has 2 unspecified atom stereocenters.